The van der Waals surface area contributed by atoms with E-state index < -0.39 is 0 Å². The molecule has 0 aromatic carbocycles. The van der Waals surface area contributed by atoms with E-state index in [9.17, 15) is 5.11 Å². The number of hydrogen-bond acceptors (Lipinski definition) is 3. The van der Waals surface area contributed by atoms with Crippen LogP contribution in [-0.4, -0.2) is 36.6 Å². The van der Waals surface area contributed by atoms with Gasteiger partial charge in [0.15, 0.2) is 0 Å². The van der Waals surface area contributed by atoms with Crippen molar-refractivity contribution in [2.24, 2.45) is 5.92 Å². The van der Waals surface area contributed by atoms with E-state index in [1.54, 1.807) is 0 Å². The molecule has 2 saturated heterocycles. The van der Waals surface area contributed by atoms with Crippen LogP contribution in [0.3, 0.4) is 0 Å². The molecule has 0 amide bonds. The monoisotopic (exact) mass is 200 g/mol. The quantitative estimate of drug-likeness (QED) is 0.731. The fourth-order valence-corrected chi connectivity index (χ4v) is 2.56. The van der Waals surface area contributed by atoms with Gasteiger partial charge in [0, 0.05) is 19.8 Å². The van der Waals surface area contributed by atoms with Crippen molar-refractivity contribution in [2.75, 3.05) is 19.8 Å². The van der Waals surface area contributed by atoms with Gasteiger partial charge in [-0.2, -0.15) is 0 Å². The molecule has 0 spiro atoms. The van der Waals surface area contributed by atoms with Crippen LogP contribution in [0.1, 0.15) is 32.6 Å². The Morgan fingerprint density at radius 3 is 2.57 bits per heavy atom. The maximum Gasteiger partial charge on any atom is 0.0915 e. The van der Waals surface area contributed by atoms with Crippen LogP contribution >= 0.6 is 0 Å². The van der Waals surface area contributed by atoms with Gasteiger partial charge in [0.05, 0.1) is 11.7 Å². The molecule has 1 N–H and O–H groups in total. The average molecular weight is 200 g/mol. The van der Waals surface area contributed by atoms with Gasteiger partial charge in [0.1, 0.15) is 0 Å². The molecule has 0 radical (unpaired) electrons. The second kappa shape index (κ2) is 4.17. The Balaban J connectivity index is 1.95. The van der Waals surface area contributed by atoms with Crippen molar-refractivity contribution in [3.8, 4) is 0 Å². The molecule has 2 unspecified atom stereocenters. The van der Waals surface area contributed by atoms with E-state index >= 15 is 0 Å². The molecule has 3 nitrogen and oxygen atoms in total. The van der Waals surface area contributed by atoms with Crippen molar-refractivity contribution < 1.29 is 14.6 Å². The lowest BCUT2D eigenvalue weighted by atomic mass is 9.82. The zero-order valence-corrected chi connectivity index (χ0v) is 8.87. The van der Waals surface area contributed by atoms with Gasteiger partial charge >= 0.3 is 0 Å². The van der Waals surface area contributed by atoms with Crippen molar-refractivity contribution >= 4 is 0 Å². The third-order valence-electron chi connectivity index (χ3n) is 3.59. The van der Waals surface area contributed by atoms with Crippen molar-refractivity contribution in [1.29, 1.82) is 0 Å². The molecule has 2 fully saturated rings. The highest BCUT2D eigenvalue weighted by Crippen LogP contribution is 2.35. The summed E-state index contributed by atoms with van der Waals surface area (Å²) in [5, 5.41) is 10.3. The van der Waals surface area contributed by atoms with Crippen LogP contribution in [0, 0.1) is 5.92 Å². The SMILES string of the molecule is CC1(C(O)C2CCOCC2)CCCO1. The summed E-state index contributed by atoms with van der Waals surface area (Å²) in [5.41, 5.74) is -0.290. The van der Waals surface area contributed by atoms with E-state index in [-0.39, 0.29) is 11.7 Å². The fraction of sp³-hybridized carbons (Fsp3) is 1.00. The molecular formula is C11H20O3. The summed E-state index contributed by atoms with van der Waals surface area (Å²) in [5.74, 6) is 0.367. The minimum absolute atomic E-state index is 0.290. The Kier molecular flexibility index (Phi) is 3.10. The Morgan fingerprint density at radius 1 is 1.29 bits per heavy atom. The Bertz CT molecular complexity index is 181. The van der Waals surface area contributed by atoms with E-state index in [1.807, 2.05) is 6.92 Å². The summed E-state index contributed by atoms with van der Waals surface area (Å²) in [6.07, 6.45) is 3.71. The van der Waals surface area contributed by atoms with E-state index in [0.717, 1.165) is 45.5 Å². The van der Waals surface area contributed by atoms with Crippen LogP contribution in [0.15, 0.2) is 0 Å². The molecule has 0 saturated carbocycles. The van der Waals surface area contributed by atoms with Crippen molar-refractivity contribution in [3.63, 3.8) is 0 Å². The maximum absolute atomic E-state index is 10.3. The molecule has 2 atom stereocenters. The minimum Gasteiger partial charge on any atom is -0.390 e. The van der Waals surface area contributed by atoms with E-state index in [0.29, 0.717) is 5.92 Å². The molecule has 0 aromatic heterocycles. The minimum atomic E-state index is -0.311. The van der Waals surface area contributed by atoms with Gasteiger partial charge in [0.25, 0.3) is 0 Å². The third kappa shape index (κ3) is 1.95. The van der Waals surface area contributed by atoms with E-state index in [4.69, 9.17) is 9.47 Å². The van der Waals surface area contributed by atoms with E-state index in [2.05, 4.69) is 0 Å². The fourth-order valence-electron chi connectivity index (χ4n) is 2.56. The lowest BCUT2D eigenvalue weighted by Gasteiger charge is -2.36. The van der Waals surface area contributed by atoms with Gasteiger partial charge < -0.3 is 14.6 Å². The summed E-state index contributed by atoms with van der Waals surface area (Å²) in [6.45, 7) is 4.42. The van der Waals surface area contributed by atoms with Crippen LogP contribution in [0.2, 0.25) is 0 Å². The molecule has 0 bridgehead atoms. The molecule has 2 aliphatic rings. The molecule has 2 heterocycles. The summed E-state index contributed by atoms with van der Waals surface area (Å²) in [6, 6.07) is 0. The molecular weight excluding hydrogens is 180 g/mol. The normalized spacial score (nSPS) is 37.3. The molecule has 2 rings (SSSR count). The molecule has 82 valence electrons. The zero-order chi connectivity index (χ0) is 10.0. The first kappa shape index (κ1) is 10.4. The first-order valence-electron chi connectivity index (χ1n) is 5.62. The maximum atomic E-state index is 10.3. The Hall–Kier alpha value is -0.120. The van der Waals surface area contributed by atoms with Gasteiger partial charge in [-0.15, -0.1) is 0 Å². The molecule has 3 heteroatoms. The second-order valence-electron chi connectivity index (χ2n) is 4.66. The highest BCUT2D eigenvalue weighted by Gasteiger charge is 2.41. The topological polar surface area (TPSA) is 38.7 Å². The largest absolute Gasteiger partial charge is 0.390 e. The second-order valence-corrected chi connectivity index (χ2v) is 4.66. The predicted molar refractivity (Wildman–Crippen MR) is 53.1 cm³/mol. The van der Waals surface area contributed by atoms with Gasteiger partial charge in [-0.25, -0.2) is 0 Å². The highest BCUT2D eigenvalue weighted by molar-refractivity contribution is 4.91. The molecule has 0 aromatic rings. The number of hydrogen-bond donors (Lipinski definition) is 1. The van der Waals surface area contributed by atoms with Crippen LogP contribution in [0.5, 0.6) is 0 Å². The number of aliphatic hydroxyl groups is 1. The molecule has 14 heavy (non-hydrogen) atoms. The summed E-state index contributed by atoms with van der Waals surface area (Å²) in [7, 11) is 0. The van der Waals surface area contributed by atoms with E-state index in [1.165, 1.54) is 0 Å². The van der Waals surface area contributed by atoms with Crippen molar-refractivity contribution in [2.45, 2.75) is 44.3 Å². The van der Waals surface area contributed by atoms with Gasteiger partial charge in [-0.3, -0.25) is 0 Å². The predicted octanol–water partition coefficient (Wildman–Crippen LogP) is 1.34. The lowest BCUT2D eigenvalue weighted by Crippen LogP contribution is -2.45. The van der Waals surface area contributed by atoms with Gasteiger partial charge in [-0.05, 0) is 38.5 Å². The standard InChI is InChI=1S/C11H20O3/c1-11(5-2-6-14-11)10(12)9-3-7-13-8-4-9/h9-10,12H,2-8H2,1H3. The third-order valence-corrected chi connectivity index (χ3v) is 3.59. The lowest BCUT2D eigenvalue weighted by molar-refractivity contribution is -0.117. The van der Waals surface area contributed by atoms with Crippen LogP contribution in [0.4, 0.5) is 0 Å². The van der Waals surface area contributed by atoms with Crippen LogP contribution in [0.25, 0.3) is 0 Å². The summed E-state index contributed by atoms with van der Waals surface area (Å²) >= 11 is 0. The van der Waals surface area contributed by atoms with Crippen LogP contribution < -0.4 is 0 Å². The summed E-state index contributed by atoms with van der Waals surface area (Å²) in [4.78, 5) is 0. The highest BCUT2D eigenvalue weighted by atomic mass is 16.5. The van der Waals surface area contributed by atoms with Crippen LogP contribution in [-0.2, 0) is 9.47 Å². The van der Waals surface area contributed by atoms with Crippen molar-refractivity contribution in [3.05, 3.63) is 0 Å². The Labute approximate surface area is 85.4 Å². The first-order valence-corrected chi connectivity index (χ1v) is 5.62. The Morgan fingerprint density at radius 2 is 2.00 bits per heavy atom. The zero-order valence-electron chi connectivity index (χ0n) is 8.87. The average Bonchev–Trinajstić information content (AvgIpc) is 2.67. The molecule has 2 aliphatic heterocycles. The van der Waals surface area contributed by atoms with Gasteiger partial charge in [0.2, 0.25) is 0 Å². The summed E-state index contributed by atoms with van der Waals surface area (Å²) < 4.78 is 11.0. The number of rotatable bonds is 2. The van der Waals surface area contributed by atoms with Gasteiger partial charge in [-0.1, -0.05) is 0 Å². The first-order chi connectivity index (χ1) is 6.72. The smallest absolute Gasteiger partial charge is 0.0915 e. The number of ether oxygens (including phenoxy) is 2. The number of aliphatic hydroxyl groups excluding tert-OH is 1. The molecule has 0 aliphatic carbocycles. The van der Waals surface area contributed by atoms with Crippen molar-refractivity contribution in [1.82, 2.24) is 0 Å².